The molecule has 5 nitrogen and oxygen atoms in total. The van der Waals surface area contributed by atoms with E-state index in [9.17, 15) is 18.0 Å². The third-order valence-electron chi connectivity index (χ3n) is 3.45. The molecule has 0 aromatic heterocycles. The molecule has 3 rings (SSSR count). The van der Waals surface area contributed by atoms with Crippen LogP contribution in [0.25, 0.3) is 0 Å². The van der Waals surface area contributed by atoms with Crippen molar-refractivity contribution in [2.45, 2.75) is 11.8 Å². The van der Waals surface area contributed by atoms with Gasteiger partial charge >= 0.3 is 0 Å². The molecule has 0 aliphatic carbocycles. The van der Waals surface area contributed by atoms with Gasteiger partial charge in [-0.05, 0) is 31.2 Å². The Morgan fingerprint density at radius 1 is 0.870 bits per heavy atom. The smallest absolute Gasteiger partial charge is 0.267 e. The molecule has 0 radical (unpaired) electrons. The molecule has 0 saturated carbocycles. The van der Waals surface area contributed by atoms with Crippen LogP contribution in [0.4, 0.5) is 0 Å². The number of amides is 2. The van der Waals surface area contributed by atoms with Crippen molar-refractivity contribution in [3.63, 3.8) is 0 Å². The van der Waals surface area contributed by atoms with E-state index in [0.717, 1.165) is 5.56 Å². The molecular weight excluding hydrogens is 361 g/mol. The van der Waals surface area contributed by atoms with E-state index < -0.39 is 21.8 Å². The predicted octanol–water partition coefficient (Wildman–Crippen LogP) is 3.29. The van der Waals surface area contributed by atoms with E-state index >= 15 is 0 Å². The van der Waals surface area contributed by atoms with Gasteiger partial charge in [0.2, 0.25) is 0 Å². The molecule has 0 atom stereocenters. The third kappa shape index (κ3) is 2.43. The lowest BCUT2D eigenvalue weighted by atomic mass is 10.1. The number of benzene rings is 2. The average Bonchev–Trinajstić information content (AvgIpc) is 2.72. The Kier molecular flexibility index (Phi) is 3.71. The van der Waals surface area contributed by atoms with Crippen LogP contribution in [0.3, 0.4) is 0 Å². The Morgan fingerprint density at radius 3 is 1.74 bits per heavy atom. The van der Waals surface area contributed by atoms with Gasteiger partial charge in [-0.2, -0.15) is 4.31 Å². The highest BCUT2D eigenvalue weighted by Gasteiger charge is 2.44. The van der Waals surface area contributed by atoms with Crippen molar-refractivity contribution in [2.24, 2.45) is 0 Å². The van der Waals surface area contributed by atoms with Crippen LogP contribution in [-0.2, 0) is 10.0 Å². The van der Waals surface area contributed by atoms with Crippen LogP contribution < -0.4 is 0 Å². The number of sulfonamides is 1. The number of rotatable bonds is 2. The topological polar surface area (TPSA) is 71.5 Å². The van der Waals surface area contributed by atoms with Gasteiger partial charge in [0.05, 0.1) is 26.1 Å². The minimum absolute atomic E-state index is 0.0705. The summed E-state index contributed by atoms with van der Waals surface area (Å²) in [6.45, 7) is 1.79. The lowest BCUT2D eigenvalue weighted by Crippen LogP contribution is -2.36. The number of aryl methyl sites for hydroxylation is 1. The van der Waals surface area contributed by atoms with Crippen molar-refractivity contribution < 1.29 is 18.0 Å². The zero-order valence-electron chi connectivity index (χ0n) is 11.7. The summed E-state index contributed by atoms with van der Waals surface area (Å²) in [7, 11) is -4.30. The number of carbonyl (C=O) groups is 2. The van der Waals surface area contributed by atoms with Crippen molar-refractivity contribution in [3.05, 3.63) is 63.1 Å². The standard InChI is InChI=1S/C15H9Cl2NO4S/c1-8-2-4-9(5-3-8)23(21,22)18-14(19)10-6-12(16)13(17)7-11(10)15(18)20/h2-7H,1H3. The summed E-state index contributed by atoms with van der Waals surface area (Å²) in [5.41, 5.74) is 0.685. The molecule has 0 fully saturated rings. The van der Waals surface area contributed by atoms with Gasteiger partial charge in [-0.15, -0.1) is 0 Å². The fourth-order valence-electron chi connectivity index (χ4n) is 2.25. The van der Waals surface area contributed by atoms with Crippen molar-refractivity contribution in [1.82, 2.24) is 4.31 Å². The number of hydrogen-bond acceptors (Lipinski definition) is 4. The molecule has 118 valence electrons. The van der Waals surface area contributed by atoms with Crippen molar-refractivity contribution in [3.8, 4) is 0 Å². The van der Waals surface area contributed by atoms with E-state index in [0.29, 0.717) is 0 Å². The summed E-state index contributed by atoms with van der Waals surface area (Å²) in [5.74, 6) is -1.88. The first-order valence-electron chi connectivity index (χ1n) is 6.43. The summed E-state index contributed by atoms with van der Waals surface area (Å²) >= 11 is 11.7. The van der Waals surface area contributed by atoms with E-state index in [4.69, 9.17) is 23.2 Å². The van der Waals surface area contributed by atoms with Crippen molar-refractivity contribution in [1.29, 1.82) is 0 Å². The number of fused-ring (bicyclic) bond motifs is 1. The van der Waals surface area contributed by atoms with Crippen LogP contribution in [0, 0.1) is 6.92 Å². The number of carbonyl (C=O) groups excluding carboxylic acids is 2. The van der Waals surface area contributed by atoms with Crippen LogP contribution in [0.2, 0.25) is 10.0 Å². The fourth-order valence-corrected chi connectivity index (χ4v) is 3.90. The Balaban J connectivity index is 2.13. The Hall–Kier alpha value is -1.89. The van der Waals surface area contributed by atoms with Crippen LogP contribution >= 0.6 is 23.2 Å². The Bertz CT molecular complexity index is 911. The zero-order chi connectivity index (χ0) is 16.9. The van der Waals surface area contributed by atoms with Gasteiger partial charge in [0.1, 0.15) is 0 Å². The van der Waals surface area contributed by atoms with E-state index in [1.807, 2.05) is 0 Å². The summed E-state index contributed by atoms with van der Waals surface area (Å²) in [4.78, 5) is 24.6. The second-order valence-electron chi connectivity index (χ2n) is 5.00. The number of nitrogens with zero attached hydrogens (tertiary/aromatic N) is 1. The lowest BCUT2D eigenvalue weighted by molar-refractivity contribution is 0.0765. The predicted molar refractivity (Wildman–Crippen MR) is 85.3 cm³/mol. The normalized spacial score (nSPS) is 14.3. The van der Waals surface area contributed by atoms with Crippen LogP contribution in [-0.4, -0.2) is 24.5 Å². The Morgan fingerprint density at radius 2 is 1.30 bits per heavy atom. The Labute approximate surface area is 142 Å². The number of hydrogen-bond donors (Lipinski definition) is 0. The number of halogens is 2. The van der Waals surface area contributed by atoms with E-state index in [-0.39, 0.29) is 30.4 Å². The largest absolute Gasteiger partial charge is 0.275 e. The SMILES string of the molecule is Cc1ccc(S(=O)(=O)N2C(=O)c3cc(Cl)c(Cl)cc3C2=O)cc1. The minimum atomic E-state index is -4.30. The molecule has 0 saturated heterocycles. The molecule has 0 N–H and O–H groups in total. The van der Waals surface area contributed by atoms with Gasteiger partial charge in [0, 0.05) is 0 Å². The highest BCUT2D eigenvalue weighted by molar-refractivity contribution is 7.90. The first-order valence-corrected chi connectivity index (χ1v) is 8.63. The maximum atomic E-state index is 12.6. The lowest BCUT2D eigenvalue weighted by Gasteiger charge is -2.14. The molecule has 1 aliphatic heterocycles. The number of imide groups is 1. The molecule has 0 unspecified atom stereocenters. The maximum Gasteiger partial charge on any atom is 0.275 e. The molecule has 1 aliphatic rings. The monoisotopic (exact) mass is 369 g/mol. The fraction of sp³-hybridized carbons (Fsp3) is 0.0667. The van der Waals surface area contributed by atoms with Crippen LogP contribution in [0.5, 0.6) is 0 Å². The van der Waals surface area contributed by atoms with Gasteiger partial charge in [-0.25, -0.2) is 8.42 Å². The zero-order valence-corrected chi connectivity index (χ0v) is 14.0. The van der Waals surface area contributed by atoms with Gasteiger partial charge in [-0.3, -0.25) is 9.59 Å². The van der Waals surface area contributed by atoms with Crippen molar-refractivity contribution in [2.75, 3.05) is 0 Å². The van der Waals surface area contributed by atoms with Crippen LogP contribution in [0.15, 0.2) is 41.3 Å². The van der Waals surface area contributed by atoms with Gasteiger partial charge in [-0.1, -0.05) is 40.9 Å². The van der Waals surface area contributed by atoms with Gasteiger partial charge in [0.25, 0.3) is 21.8 Å². The molecule has 2 aromatic carbocycles. The van der Waals surface area contributed by atoms with Gasteiger partial charge in [0.15, 0.2) is 0 Å². The average molecular weight is 370 g/mol. The molecular formula is C15H9Cl2NO4S. The van der Waals surface area contributed by atoms with Crippen LogP contribution in [0.1, 0.15) is 26.3 Å². The first-order chi connectivity index (χ1) is 10.7. The molecule has 0 spiro atoms. The highest BCUT2D eigenvalue weighted by Crippen LogP contribution is 2.34. The third-order valence-corrected chi connectivity index (χ3v) is 5.85. The molecule has 8 heteroatoms. The quantitative estimate of drug-likeness (QED) is 0.761. The molecule has 0 bridgehead atoms. The van der Waals surface area contributed by atoms with E-state index in [1.54, 1.807) is 19.1 Å². The summed E-state index contributed by atoms with van der Waals surface area (Å²) < 4.78 is 25.5. The summed E-state index contributed by atoms with van der Waals surface area (Å²) in [5, 5.41) is 0.141. The van der Waals surface area contributed by atoms with E-state index in [2.05, 4.69) is 0 Å². The van der Waals surface area contributed by atoms with Gasteiger partial charge < -0.3 is 0 Å². The first kappa shape index (κ1) is 16.0. The molecule has 2 aromatic rings. The molecule has 1 heterocycles. The molecule has 2 amide bonds. The summed E-state index contributed by atoms with van der Waals surface area (Å²) in [6.07, 6.45) is 0. The second-order valence-corrected chi connectivity index (χ2v) is 7.61. The van der Waals surface area contributed by atoms with E-state index in [1.165, 1.54) is 24.3 Å². The summed E-state index contributed by atoms with van der Waals surface area (Å²) in [6, 6.07) is 8.24. The maximum absolute atomic E-state index is 12.6. The molecule has 23 heavy (non-hydrogen) atoms. The minimum Gasteiger partial charge on any atom is -0.267 e. The second kappa shape index (κ2) is 5.33. The highest BCUT2D eigenvalue weighted by atomic mass is 35.5. The van der Waals surface area contributed by atoms with Crippen molar-refractivity contribution >= 4 is 45.0 Å².